The molecule has 1 heterocycles. The number of piperidine rings is 1. The van der Waals surface area contributed by atoms with Crippen LogP contribution in [0.5, 0.6) is 5.75 Å². The maximum absolute atomic E-state index is 12.7. The number of benzene rings is 1. The van der Waals surface area contributed by atoms with Crippen molar-refractivity contribution in [2.24, 2.45) is 5.73 Å². The van der Waals surface area contributed by atoms with Gasteiger partial charge in [0.15, 0.2) is 0 Å². The van der Waals surface area contributed by atoms with Crippen molar-refractivity contribution in [3.05, 3.63) is 30.1 Å². The Balaban J connectivity index is 0.00000200. The Labute approximate surface area is 124 Å². The molecule has 1 aromatic rings. The van der Waals surface area contributed by atoms with E-state index in [2.05, 4.69) is 0 Å². The summed E-state index contributed by atoms with van der Waals surface area (Å²) >= 11 is 0. The van der Waals surface area contributed by atoms with E-state index in [9.17, 15) is 9.18 Å². The van der Waals surface area contributed by atoms with Crippen LogP contribution in [-0.2, 0) is 4.79 Å². The predicted molar refractivity (Wildman–Crippen MR) is 77.5 cm³/mol. The van der Waals surface area contributed by atoms with Gasteiger partial charge in [0.1, 0.15) is 11.6 Å². The number of nitrogens with two attached hydrogens (primary N) is 1. The zero-order valence-electron chi connectivity index (χ0n) is 11.3. The van der Waals surface area contributed by atoms with Gasteiger partial charge in [0.2, 0.25) is 5.91 Å². The molecular weight excluding hydrogens is 283 g/mol. The smallest absolute Gasteiger partial charge is 0.226 e. The van der Waals surface area contributed by atoms with E-state index >= 15 is 0 Å². The van der Waals surface area contributed by atoms with Crippen molar-refractivity contribution in [2.45, 2.75) is 25.3 Å². The lowest BCUT2D eigenvalue weighted by atomic mass is 10.1. The van der Waals surface area contributed by atoms with Crippen molar-refractivity contribution in [2.75, 3.05) is 19.7 Å². The fourth-order valence-electron chi connectivity index (χ4n) is 2.18. The van der Waals surface area contributed by atoms with E-state index in [1.807, 2.05) is 0 Å². The quantitative estimate of drug-likeness (QED) is 0.925. The Morgan fingerprint density at radius 2 is 2.10 bits per heavy atom. The fraction of sp³-hybridized carbons (Fsp3) is 0.500. The van der Waals surface area contributed by atoms with Crippen LogP contribution in [0.4, 0.5) is 4.39 Å². The molecule has 20 heavy (non-hydrogen) atoms. The van der Waals surface area contributed by atoms with Gasteiger partial charge in [0.25, 0.3) is 0 Å². The average Bonchev–Trinajstić information content (AvgIpc) is 2.41. The second-order valence-corrected chi connectivity index (χ2v) is 4.79. The highest BCUT2D eigenvalue weighted by Gasteiger charge is 2.20. The number of ether oxygens (including phenoxy) is 1. The number of carbonyl (C=O) groups is 1. The molecule has 0 saturated carbocycles. The van der Waals surface area contributed by atoms with Crippen molar-refractivity contribution >= 4 is 18.3 Å². The first-order chi connectivity index (χ1) is 9.15. The molecule has 0 aromatic heterocycles. The minimum Gasteiger partial charge on any atom is -0.493 e. The van der Waals surface area contributed by atoms with Crippen LogP contribution >= 0.6 is 12.4 Å². The summed E-state index contributed by atoms with van der Waals surface area (Å²) in [6, 6.07) is 5.87. The number of hydrogen-bond donors (Lipinski definition) is 1. The normalized spacial score (nSPS) is 18.3. The molecule has 1 fully saturated rings. The first-order valence-electron chi connectivity index (χ1n) is 6.57. The van der Waals surface area contributed by atoms with E-state index < -0.39 is 0 Å². The second-order valence-electron chi connectivity index (χ2n) is 4.79. The molecule has 0 bridgehead atoms. The molecule has 112 valence electrons. The van der Waals surface area contributed by atoms with Gasteiger partial charge in [-0.15, -0.1) is 12.4 Å². The van der Waals surface area contributed by atoms with Gasteiger partial charge in [0, 0.05) is 19.1 Å². The molecule has 1 aromatic carbocycles. The van der Waals surface area contributed by atoms with Crippen molar-refractivity contribution in [3.63, 3.8) is 0 Å². The van der Waals surface area contributed by atoms with Crippen LogP contribution in [0.2, 0.25) is 0 Å². The molecule has 0 spiro atoms. The highest BCUT2D eigenvalue weighted by molar-refractivity contribution is 5.85. The summed E-state index contributed by atoms with van der Waals surface area (Å²) in [4.78, 5) is 13.7. The summed E-state index contributed by atoms with van der Waals surface area (Å²) in [5, 5.41) is 0. The molecule has 1 amide bonds. The first-order valence-corrected chi connectivity index (χ1v) is 6.57. The van der Waals surface area contributed by atoms with Crippen molar-refractivity contribution in [3.8, 4) is 5.75 Å². The van der Waals surface area contributed by atoms with E-state index in [1.54, 1.807) is 17.0 Å². The maximum atomic E-state index is 12.7. The zero-order chi connectivity index (χ0) is 13.7. The lowest BCUT2D eigenvalue weighted by Gasteiger charge is -2.30. The molecule has 1 aliphatic rings. The zero-order valence-corrected chi connectivity index (χ0v) is 12.1. The van der Waals surface area contributed by atoms with Gasteiger partial charge in [-0.05, 0) is 37.1 Å². The van der Waals surface area contributed by atoms with Crippen LogP contribution in [0, 0.1) is 5.82 Å². The SMILES string of the molecule is Cl.NC1CCCN(C(=O)CCOc2ccc(F)cc2)C1. The van der Waals surface area contributed by atoms with Crippen LogP contribution < -0.4 is 10.5 Å². The molecule has 1 saturated heterocycles. The summed E-state index contributed by atoms with van der Waals surface area (Å²) in [7, 11) is 0. The van der Waals surface area contributed by atoms with E-state index in [1.165, 1.54) is 12.1 Å². The summed E-state index contributed by atoms with van der Waals surface area (Å²) < 4.78 is 18.1. The Bertz CT molecular complexity index is 428. The Hall–Kier alpha value is -1.33. The molecule has 1 atom stereocenters. The third-order valence-corrected chi connectivity index (χ3v) is 3.21. The van der Waals surface area contributed by atoms with Crippen molar-refractivity contribution in [1.82, 2.24) is 4.90 Å². The molecule has 2 N–H and O–H groups in total. The van der Waals surface area contributed by atoms with Crippen LogP contribution in [0.15, 0.2) is 24.3 Å². The highest BCUT2D eigenvalue weighted by atomic mass is 35.5. The van der Waals surface area contributed by atoms with Gasteiger partial charge >= 0.3 is 0 Å². The summed E-state index contributed by atoms with van der Waals surface area (Å²) in [6.07, 6.45) is 2.27. The molecule has 2 rings (SSSR count). The third kappa shape index (κ3) is 4.98. The largest absolute Gasteiger partial charge is 0.493 e. The average molecular weight is 303 g/mol. The van der Waals surface area contributed by atoms with Gasteiger partial charge < -0.3 is 15.4 Å². The maximum Gasteiger partial charge on any atom is 0.226 e. The molecule has 1 aliphatic heterocycles. The fourth-order valence-corrected chi connectivity index (χ4v) is 2.18. The van der Waals surface area contributed by atoms with Gasteiger partial charge in [-0.1, -0.05) is 0 Å². The Kier molecular flexibility index (Phi) is 6.75. The molecule has 4 nitrogen and oxygen atoms in total. The number of nitrogens with zero attached hydrogens (tertiary/aromatic N) is 1. The standard InChI is InChI=1S/C14H19FN2O2.ClH/c15-11-3-5-13(6-4-11)19-9-7-14(18)17-8-1-2-12(16)10-17;/h3-6,12H,1-2,7-10,16H2;1H. The number of amides is 1. The van der Waals surface area contributed by atoms with E-state index in [4.69, 9.17) is 10.5 Å². The van der Waals surface area contributed by atoms with Gasteiger partial charge in [-0.2, -0.15) is 0 Å². The number of halogens is 2. The van der Waals surface area contributed by atoms with E-state index in [0.717, 1.165) is 19.4 Å². The first kappa shape index (κ1) is 16.7. The summed E-state index contributed by atoms with van der Waals surface area (Å²) in [5.74, 6) is 0.340. The summed E-state index contributed by atoms with van der Waals surface area (Å²) in [6.45, 7) is 1.72. The van der Waals surface area contributed by atoms with Gasteiger partial charge in [0.05, 0.1) is 13.0 Å². The lowest BCUT2D eigenvalue weighted by molar-refractivity contribution is -0.132. The number of rotatable bonds is 4. The summed E-state index contributed by atoms with van der Waals surface area (Å²) in [5.41, 5.74) is 5.84. The molecule has 1 unspecified atom stereocenters. The minimum absolute atomic E-state index is 0. The lowest BCUT2D eigenvalue weighted by Crippen LogP contribution is -2.46. The minimum atomic E-state index is -0.300. The number of hydrogen-bond acceptors (Lipinski definition) is 3. The van der Waals surface area contributed by atoms with Gasteiger partial charge in [-0.25, -0.2) is 4.39 Å². The van der Waals surface area contributed by atoms with Crippen molar-refractivity contribution in [1.29, 1.82) is 0 Å². The van der Waals surface area contributed by atoms with Crippen LogP contribution in [0.3, 0.4) is 0 Å². The molecule has 6 heteroatoms. The van der Waals surface area contributed by atoms with Gasteiger partial charge in [-0.3, -0.25) is 4.79 Å². The van der Waals surface area contributed by atoms with Crippen LogP contribution in [0.25, 0.3) is 0 Å². The van der Waals surface area contributed by atoms with E-state index in [-0.39, 0.29) is 30.2 Å². The highest BCUT2D eigenvalue weighted by Crippen LogP contribution is 2.12. The Morgan fingerprint density at radius 1 is 1.40 bits per heavy atom. The predicted octanol–water partition coefficient (Wildman–Crippen LogP) is 1.97. The monoisotopic (exact) mass is 302 g/mol. The number of carbonyl (C=O) groups excluding carboxylic acids is 1. The third-order valence-electron chi connectivity index (χ3n) is 3.21. The van der Waals surface area contributed by atoms with Crippen molar-refractivity contribution < 1.29 is 13.9 Å². The Morgan fingerprint density at radius 3 is 2.75 bits per heavy atom. The van der Waals surface area contributed by atoms with E-state index in [0.29, 0.717) is 25.3 Å². The molecule has 0 radical (unpaired) electrons. The molecule has 0 aliphatic carbocycles. The van der Waals surface area contributed by atoms with Crippen LogP contribution in [0.1, 0.15) is 19.3 Å². The number of likely N-dealkylation sites (tertiary alicyclic amines) is 1. The molecular formula is C14H20ClFN2O2. The second kappa shape index (κ2) is 8.07. The van der Waals surface area contributed by atoms with Crippen LogP contribution in [-0.4, -0.2) is 36.5 Å². The topological polar surface area (TPSA) is 55.6 Å².